The number of rotatable bonds is 4. The summed E-state index contributed by atoms with van der Waals surface area (Å²) >= 11 is 0. The lowest BCUT2D eigenvalue weighted by Gasteiger charge is -2.22. The van der Waals surface area contributed by atoms with E-state index in [0.29, 0.717) is 11.0 Å². The molecule has 0 fully saturated rings. The molecule has 62 valence electrons. The first-order chi connectivity index (χ1) is 4.42. The average Bonchev–Trinajstić information content (AvgIpc) is 1.59. The molecule has 0 aromatic heterocycles. The predicted octanol–water partition coefficient (Wildman–Crippen LogP) is -0.764. The molecule has 0 aliphatic rings. The molecule has 0 heterocycles. The third-order valence-electron chi connectivity index (χ3n) is 0.959. The third-order valence-corrected chi connectivity index (χ3v) is 1.35. The van der Waals surface area contributed by atoms with Gasteiger partial charge in [-0.05, 0) is 0 Å². The summed E-state index contributed by atoms with van der Waals surface area (Å²) in [6.45, 7) is 0.964. The van der Waals surface area contributed by atoms with Crippen molar-refractivity contribution in [2.24, 2.45) is 0 Å². The number of quaternary nitrogens is 1. The average molecular weight is 168 g/mol. The number of thiol groups is 1. The van der Waals surface area contributed by atoms with Gasteiger partial charge < -0.3 is 4.48 Å². The highest BCUT2D eigenvalue weighted by atomic mass is 32.2. The van der Waals surface area contributed by atoms with E-state index >= 15 is 0 Å². The minimum absolute atomic E-state index is 0.266. The molecule has 0 rings (SSSR count). The molecule has 0 saturated heterocycles. The normalized spacial score (nSPS) is 12.4. The molecular weight excluding hydrogens is 154 g/mol. The minimum Gasteiger partial charge on any atom is -0.329 e. The van der Waals surface area contributed by atoms with Gasteiger partial charge in [0.25, 0.3) is 11.0 Å². The first-order valence-corrected chi connectivity index (χ1v) is 4.09. The van der Waals surface area contributed by atoms with Crippen LogP contribution in [0, 0.1) is 0 Å². The van der Waals surface area contributed by atoms with Gasteiger partial charge in [0.15, 0.2) is 0 Å². The first-order valence-electron chi connectivity index (χ1n) is 2.99. The van der Waals surface area contributed by atoms with E-state index in [0.717, 1.165) is 0 Å². The fourth-order valence-electron chi connectivity index (χ4n) is 0.389. The van der Waals surface area contributed by atoms with Crippen LogP contribution in [0.3, 0.4) is 0 Å². The number of likely N-dealkylation sites (N-methyl/N-ethyl adjacent to an activating group) is 1. The van der Waals surface area contributed by atoms with Gasteiger partial charge in [-0.15, -0.1) is 0 Å². The summed E-state index contributed by atoms with van der Waals surface area (Å²) in [6, 6.07) is 0. The number of nitrogens with zero attached hydrogens (tertiary/aromatic N) is 1. The zero-order chi connectivity index (χ0) is 8.20. The topological polar surface area (TPSA) is 43.4 Å². The summed E-state index contributed by atoms with van der Waals surface area (Å²) < 4.78 is 24.9. The van der Waals surface area contributed by atoms with E-state index in [-0.39, 0.29) is 6.61 Å². The molecule has 0 N–H and O–H groups in total. The van der Waals surface area contributed by atoms with Crippen LogP contribution in [0.15, 0.2) is 0 Å². The molecule has 0 aliphatic carbocycles. The van der Waals surface area contributed by atoms with Crippen LogP contribution in [-0.2, 0) is 15.2 Å². The van der Waals surface area contributed by atoms with Crippen molar-refractivity contribution in [1.82, 2.24) is 0 Å². The Morgan fingerprint density at radius 3 is 2.10 bits per heavy atom. The highest BCUT2D eigenvalue weighted by Gasteiger charge is 2.05. The Morgan fingerprint density at radius 2 is 1.80 bits per heavy atom. The van der Waals surface area contributed by atoms with Crippen molar-refractivity contribution in [3.05, 3.63) is 0 Å². The van der Waals surface area contributed by atoms with Gasteiger partial charge in [0.05, 0.1) is 21.1 Å². The summed E-state index contributed by atoms with van der Waals surface area (Å²) in [6.07, 6.45) is 0. The van der Waals surface area contributed by atoms with Crippen molar-refractivity contribution in [3.63, 3.8) is 0 Å². The summed E-state index contributed by atoms with van der Waals surface area (Å²) in [5.74, 6) is 0. The lowest BCUT2D eigenvalue weighted by Crippen LogP contribution is -2.37. The number of hydrogen-bond donors (Lipinski definition) is 1. The Labute approximate surface area is 63.1 Å². The van der Waals surface area contributed by atoms with Gasteiger partial charge in [-0.2, -0.15) is 0 Å². The summed E-state index contributed by atoms with van der Waals surface area (Å²) in [5, 5.41) is 0. The van der Waals surface area contributed by atoms with Crippen molar-refractivity contribution in [1.29, 1.82) is 0 Å². The maximum atomic E-state index is 9.89. The van der Waals surface area contributed by atoms with E-state index in [1.807, 2.05) is 21.1 Å². The lowest BCUT2D eigenvalue weighted by molar-refractivity contribution is -0.870. The smallest absolute Gasteiger partial charge is 0.257 e. The Hall–Kier alpha value is -0.130. The van der Waals surface area contributed by atoms with Gasteiger partial charge in [-0.3, -0.25) is 4.18 Å². The molecule has 0 spiro atoms. The number of hydrogen-bond acceptors (Lipinski definition) is 3. The van der Waals surface area contributed by atoms with E-state index in [1.54, 1.807) is 0 Å². The van der Waals surface area contributed by atoms with Crippen molar-refractivity contribution in [3.8, 4) is 0 Å². The maximum absolute atomic E-state index is 9.89. The van der Waals surface area contributed by atoms with Crippen LogP contribution in [-0.4, -0.2) is 47.2 Å². The van der Waals surface area contributed by atoms with Gasteiger partial charge in [-0.1, -0.05) is 0 Å². The molecule has 5 heteroatoms. The largest absolute Gasteiger partial charge is 0.329 e. The van der Waals surface area contributed by atoms with Crippen LogP contribution in [0.5, 0.6) is 0 Å². The van der Waals surface area contributed by atoms with Gasteiger partial charge in [0.1, 0.15) is 13.2 Å². The fraction of sp³-hybridized carbons (Fsp3) is 1.00. The molecule has 0 saturated carbocycles. The molecule has 0 aliphatic heterocycles. The van der Waals surface area contributed by atoms with Gasteiger partial charge >= 0.3 is 0 Å². The second-order valence-corrected chi connectivity index (χ2v) is 3.78. The summed E-state index contributed by atoms with van der Waals surface area (Å²) in [7, 11) is 3.26. The van der Waals surface area contributed by atoms with Gasteiger partial charge in [-0.25, -0.2) is 8.42 Å². The standard InChI is InChI=1S/C5H14NO3S/c1-6(2,3)4-5-9-10(7)8/h10H,4-5H2,1-3H3/q+1. The van der Waals surface area contributed by atoms with Crippen LogP contribution < -0.4 is 0 Å². The molecule has 0 atom stereocenters. The molecule has 0 amide bonds. The Morgan fingerprint density at radius 1 is 1.30 bits per heavy atom. The van der Waals surface area contributed by atoms with E-state index in [1.165, 1.54) is 0 Å². The second-order valence-electron chi connectivity index (χ2n) is 3.07. The lowest BCUT2D eigenvalue weighted by atomic mass is 10.5. The quantitative estimate of drug-likeness (QED) is 0.443. The van der Waals surface area contributed by atoms with Crippen LogP contribution in [0.4, 0.5) is 0 Å². The molecule has 0 unspecified atom stereocenters. The molecule has 0 radical (unpaired) electrons. The van der Waals surface area contributed by atoms with Gasteiger partial charge in [0, 0.05) is 0 Å². The zero-order valence-corrected chi connectivity index (χ0v) is 7.43. The maximum Gasteiger partial charge on any atom is 0.257 e. The highest BCUT2D eigenvalue weighted by Crippen LogP contribution is 1.88. The first kappa shape index (κ1) is 9.87. The second kappa shape index (κ2) is 3.90. The Kier molecular flexibility index (Phi) is 3.85. The Balaban J connectivity index is 3.38. The van der Waals surface area contributed by atoms with E-state index in [9.17, 15) is 8.42 Å². The zero-order valence-electron chi connectivity index (χ0n) is 6.53. The predicted molar refractivity (Wildman–Crippen MR) is 39.2 cm³/mol. The molecule has 4 nitrogen and oxygen atoms in total. The highest BCUT2D eigenvalue weighted by molar-refractivity contribution is 7.67. The monoisotopic (exact) mass is 168 g/mol. The Bertz CT molecular complexity index is 151. The van der Waals surface area contributed by atoms with Crippen molar-refractivity contribution >= 4 is 11.0 Å². The van der Waals surface area contributed by atoms with Crippen LogP contribution >= 0.6 is 0 Å². The van der Waals surface area contributed by atoms with Crippen molar-refractivity contribution in [2.75, 3.05) is 34.3 Å². The fourth-order valence-corrected chi connectivity index (χ4v) is 0.620. The summed E-state index contributed by atoms with van der Waals surface area (Å²) in [5.41, 5.74) is 0. The molecule has 10 heavy (non-hydrogen) atoms. The molecule has 0 aromatic carbocycles. The molecule has 0 aromatic rings. The minimum atomic E-state index is -2.66. The van der Waals surface area contributed by atoms with Crippen LogP contribution in [0.1, 0.15) is 0 Å². The molecular formula is C5H14NO3S+. The van der Waals surface area contributed by atoms with E-state index in [4.69, 9.17) is 0 Å². The third kappa shape index (κ3) is 7.87. The van der Waals surface area contributed by atoms with Crippen molar-refractivity contribution in [2.45, 2.75) is 0 Å². The SMILES string of the molecule is C[N+](C)(C)CCO[SH](=O)=O. The summed E-state index contributed by atoms with van der Waals surface area (Å²) in [4.78, 5) is 0. The van der Waals surface area contributed by atoms with Crippen LogP contribution in [0.25, 0.3) is 0 Å². The van der Waals surface area contributed by atoms with E-state index < -0.39 is 11.0 Å². The van der Waals surface area contributed by atoms with Crippen molar-refractivity contribution < 1.29 is 17.1 Å². The van der Waals surface area contributed by atoms with Gasteiger partial charge in [0.2, 0.25) is 0 Å². The van der Waals surface area contributed by atoms with E-state index in [2.05, 4.69) is 4.18 Å². The molecule has 0 bridgehead atoms. The van der Waals surface area contributed by atoms with Crippen LogP contribution in [0.2, 0.25) is 0 Å².